The van der Waals surface area contributed by atoms with Crippen molar-refractivity contribution >= 4 is 27.4 Å². The molecule has 3 N–H and O–H groups in total. The molecule has 2 aromatic rings. The number of aryl methyl sites for hydroxylation is 1. The minimum Gasteiger partial charge on any atom is -0.370 e. The number of sulfonamides is 1. The van der Waals surface area contributed by atoms with Gasteiger partial charge in [-0.15, -0.1) is 0 Å². The summed E-state index contributed by atoms with van der Waals surface area (Å²) in [6.45, 7) is 2.23. The van der Waals surface area contributed by atoms with Crippen molar-refractivity contribution in [1.82, 2.24) is 4.98 Å². The van der Waals surface area contributed by atoms with E-state index in [0.29, 0.717) is 31.3 Å². The number of piperidine rings is 1. The first-order valence-corrected chi connectivity index (χ1v) is 10.7. The average Bonchev–Trinajstić information content (AvgIpc) is 2.68. The van der Waals surface area contributed by atoms with Crippen molar-refractivity contribution in [3.63, 3.8) is 0 Å². The third-order valence-corrected chi connectivity index (χ3v) is 5.81. The summed E-state index contributed by atoms with van der Waals surface area (Å²) < 4.78 is 63.7. The molecule has 11 heteroatoms. The summed E-state index contributed by atoms with van der Waals surface area (Å²) in [5.41, 5.74) is -0.351. The van der Waals surface area contributed by atoms with Crippen LogP contribution in [0.15, 0.2) is 41.4 Å². The molecule has 7 nitrogen and oxygen atoms in total. The smallest absolute Gasteiger partial charge is 0.370 e. The number of hydrogen-bond donors (Lipinski definition) is 2. The van der Waals surface area contributed by atoms with Crippen LogP contribution in [0.2, 0.25) is 0 Å². The number of alkyl halides is 3. The number of pyridine rings is 1. The normalized spacial score (nSPS) is 17.6. The van der Waals surface area contributed by atoms with Gasteiger partial charge in [0.25, 0.3) is 0 Å². The number of halogens is 3. The number of carbonyl (C=O) groups excluding carboxylic acids is 1. The third kappa shape index (κ3) is 5.08. The summed E-state index contributed by atoms with van der Waals surface area (Å²) in [6.07, 6.45) is -2.15. The molecule has 0 bridgehead atoms. The monoisotopic (exact) mass is 442 g/mol. The highest BCUT2D eigenvalue weighted by atomic mass is 32.2. The van der Waals surface area contributed by atoms with E-state index in [1.54, 1.807) is 18.3 Å². The standard InChI is InChI=1S/C19H21F3N4O3S/c1-12-4-7-17(24-10-12)25-18(27)13-3-2-8-26(11-13)16-6-5-14(30(23,28)29)9-15(16)19(20,21)22/h4-7,9-10,13H,2-3,8,11H2,1H3,(H2,23,28,29)(H,24,25,27). The van der Waals surface area contributed by atoms with Gasteiger partial charge in [-0.2, -0.15) is 13.2 Å². The molecular weight excluding hydrogens is 421 g/mol. The van der Waals surface area contributed by atoms with Gasteiger partial charge < -0.3 is 10.2 Å². The lowest BCUT2D eigenvalue weighted by molar-refractivity contribution is -0.137. The molecule has 0 radical (unpaired) electrons. The van der Waals surface area contributed by atoms with Crippen LogP contribution in [0.5, 0.6) is 0 Å². The lowest BCUT2D eigenvalue weighted by Gasteiger charge is -2.35. The zero-order chi connectivity index (χ0) is 22.1. The Labute approximate surface area is 172 Å². The number of nitrogens with two attached hydrogens (primary N) is 1. The Balaban J connectivity index is 1.84. The number of rotatable bonds is 4. The fraction of sp³-hybridized carbons (Fsp3) is 0.368. The summed E-state index contributed by atoms with van der Waals surface area (Å²) in [7, 11) is -4.28. The van der Waals surface area contributed by atoms with Gasteiger partial charge in [0, 0.05) is 25.0 Å². The largest absolute Gasteiger partial charge is 0.418 e. The molecule has 162 valence electrons. The van der Waals surface area contributed by atoms with Crippen LogP contribution in [-0.2, 0) is 21.0 Å². The van der Waals surface area contributed by atoms with Crippen molar-refractivity contribution in [3.8, 4) is 0 Å². The highest BCUT2D eigenvalue weighted by Gasteiger charge is 2.37. The Hall–Kier alpha value is -2.66. The number of hydrogen-bond acceptors (Lipinski definition) is 5. The van der Waals surface area contributed by atoms with Gasteiger partial charge in [-0.25, -0.2) is 18.5 Å². The van der Waals surface area contributed by atoms with Gasteiger partial charge in [-0.3, -0.25) is 4.79 Å². The van der Waals surface area contributed by atoms with E-state index in [4.69, 9.17) is 5.14 Å². The van der Waals surface area contributed by atoms with Crippen molar-refractivity contribution in [3.05, 3.63) is 47.7 Å². The number of nitrogens with zero attached hydrogens (tertiary/aromatic N) is 2. The van der Waals surface area contributed by atoms with Gasteiger partial charge in [-0.1, -0.05) is 6.07 Å². The molecule has 1 aliphatic rings. The van der Waals surface area contributed by atoms with E-state index in [9.17, 15) is 26.4 Å². The Kier molecular flexibility index (Phi) is 6.04. The molecule has 1 amide bonds. The Bertz CT molecular complexity index is 1040. The molecule has 1 aromatic heterocycles. The summed E-state index contributed by atoms with van der Waals surface area (Å²) in [5.74, 6) is -0.497. The Morgan fingerprint density at radius 1 is 1.27 bits per heavy atom. The Morgan fingerprint density at radius 2 is 2.00 bits per heavy atom. The van der Waals surface area contributed by atoms with E-state index in [2.05, 4.69) is 10.3 Å². The maximum absolute atomic E-state index is 13.6. The van der Waals surface area contributed by atoms with Crippen molar-refractivity contribution in [2.24, 2.45) is 11.1 Å². The molecule has 3 rings (SSSR count). The molecule has 1 aliphatic heterocycles. The van der Waals surface area contributed by atoms with E-state index >= 15 is 0 Å². The van der Waals surface area contributed by atoms with Crippen molar-refractivity contribution in [2.75, 3.05) is 23.3 Å². The zero-order valence-electron chi connectivity index (χ0n) is 16.1. The first-order valence-electron chi connectivity index (χ1n) is 9.17. The number of nitrogens with one attached hydrogen (secondary N) is 1. The first kappa shape index (κ1) is 22.0. The molecule has 1 atom stereocenters. The molecule has 0 aliphatic carbocycles. The van der Waals surface area contributed by atoms with E-state index in [1.165, 1.54) is 4.90 Å². The van der Waals surface area contributed by atoms with Gasteiger partial charge in [0.15, 0.2) is 0 Å². The summed E-state index contributed by atoms with van der Waals surface area (Å²) >= 11 is 0. The van der Waals surface area contributed by atoms with Crippen molar-refractivity contribution in [2.45, 2.75) is 30.8 Å². The maximum Gasteiger partial charge on any atom is 0.418 e. The van der Waals surface area contributed by atoms with Gasteiger partial charge >= 0.3 is 6.18 Å². The molecule has 1 saturated heterocycles. The second-order valence-electron chi connectivity index (χ2n) is 7.22. The minimum absolute atomic E-state index is 0.0650. The van der Waals surface area contributed by atoms with Crippen molar-refractivity contribution < 1.29 is 26.4 Å². The van der Waals surface area contributed by atoms with Crippen LogP contribution in [0, 0.1) is 12.8 Å². The Morgan fingerprint density at radius 3 is 2.60 bits per heavy atom. The molecule has 1 aromatic carbocycles. The molecule has 30 heavy (non-hydrogen) atoms. The molecule has 1 unspecified atom stereocenters. The van der Waals surface area contributed by atoms with Crippen LogP contribution in [0.4, 0.5) is 24.7 Å². The van der Waals surface area contributed by atoms with Crippen LogP contribution in [0.25, 0.3) is 0 Å². The summed E-state index contributed by atoms with van der Waals surface area (Å²) in [5, 5.41) is 7.66. The maximum atomic E-state index is 13.6. The van der Waals surface area contributed by atoms with Crippen LogP contribution >= 0.6 is 0 Å². The fourth-order valence-electron chi connectivity index (χ4n) is 3.37. The first-order chi connectivity index (χ1) is 13.9. The summed E-state index contributed by atoms with van der Waals surface area (Å²) in [6, 6.07) is 6.11. The van der Waals surface area contributed by atoms with Crippen LogP contribution in [-0.4, -0.2) is 32.4 Å². The van der Waals surface area contributed by atoms with Crippen LogP contribution in [0.1, 0.15) is 24.0 Å². The van der Waals surface area contributed by atoms with Gasteiger partial charge in [0.2, 0.25) is 15.9 Å². The number of benzene rings is 1. The SMILES string of the molecule is Cc1ccc(NC(=O)C2CCCN(c3ccc(S(N)(=O)=O)cc3C(F)(F)F)C2)nc1. The average molecular weight is 442 g/mol. The predicted molar refractivity (Wildman–Crippen MR) is 105 cm³/mol. The third-order valence-electron chi connectivity index (χ3n) is 4.90. The highest BCUT2D eigenvalue weighted by Crippen LogP contribution is 2.39. The van der Waals surface area contributed by atoms with Gasteiger partial charge in [-0.05, 0) is 49.6 Å². The second-order valence-corrected chi connectivity index (χ2v) is 8.78. The van der Waals surface area contributed by atoms with Crippen LogP contribution in [0.3, 0.4) is 0 Å². The van der Waals surface area contributed by atoms with E-state index in [1.807, 2.05) is 6.92 Å². The van der Waals surface area contributed by atoms with Crippen LogP contribution < -0.4 is 15.4 Å². The van der Waals surface area contributed by atoms with E-state index in [-0.39, 0.29) is 18.1 Å². The van der Waals surface area contributed by atoms with Gasteiger partial charge in [0.05, 0.1) is 16.4 Å². The van der Waals surface area contributed by atoms with E-state index < -0.39 is 32.6 Å². The molecule has 0 saturated carbocycles. The fourth-order valence-corrected chi connectivity index (χ4v) is 3.91. The lowest BCUT2D eigenvalue weighted by atomic mass is 9.96. The highest BCUT2D eigenvalue weighted by molar-refractivity contribution is 7.89. The molecule has 0 spiro atoms. The van der Waals surface area contributed by atoms with Gasteiger partial charge in [0.1, 0.15) is 5.82 Å². The number of primary sulfonamides is 1. The molecule has 2 heterocycles. The van der Waals surface area contributed by atoms with E-state index in [0.717, 1.165) is 17.7 Å². The number of aromatic nitrogens is 1. The summed E-state index contributed by atoms with van der Waals surface area (Å²) in [4.78, 5) is 17.5. The lowest BCUT2D eigenvalue weighted by Crippen LogP contribution is -2.41. The number of amides is 1. The minimum atomic E-state index is -4.78. The topological polar surface area (TPSA) is 105 Å². The zero-order valence-corrected chi connectivity index (χ0v) is 16.9. The second kappa shape index (κ2) is 8.23. The predicted octanol–water partition coefficient (Wildman–Crippen LogP) is 2.91. The van der Waals surface area contributed by atoms with Crippen molar-refractivity contribution in [1.29, 1.82) is 0 Å². The number of anilines is 2. The number of carbonyl (C=O) groups is 1. The molecular formula is C19H21F3N4O3S. The molecule has 1 fully saturated rings. The quantitative estimate of drug-likeness (QED) is 0.758.